The minimum absolute atomic E-state index is 0.285. The molecule has 5 nitrogen and oxygen atoms in total. The summed E-state index contributed by atoms with van der Waals surface area (Å²) >= 11 is 1.34. The number of aryl methyl sites for hydroxylation is 1. The third-order valence-corrected chi connectivity index (χ3v) is 5.82. The van der Waals surface area contributed by atoms with Gasteiger partial charge in [0.2, 0.25) is 0 Å². The van der Waals surface area contributed by atoms with Crippen LogP contribution in [0, 0.1) is 0 Å². The number of hydrogen-bond acceptors (Lipinski definition) is 4. The number of benzene rings is 1. The Bertz CT molecular complexity index is 1020. The molecule has 1 saturated carbocycles. The average Bonchev–Trinajstić information content (AvgIpc) is 3.07. The lowest BCUT2D eigenvalue weighted by Crippen LogP contribution is -2.32. The van der Waals surface area contributed by atoms with Gasteiger partial charge in [0.05, 0.1) is 11.8 Å². The lowest BCUT2D eigenvalue weighted by atomic mass is 9.94. The first kappa shape index (κ1) is 18.7. The molecule has 1 fully saturated rings. The second kappa shape index (κ2) is 6.73. The maximum atomic E-state index is 13.0. The molecule has 0 atom stereocenters. The molecule has 0 saturated heterocycles. The standard InChI is InChI=1S/C19H17F3N4OS/c1-26-9-12(8-24-26)17-25-15(10-28-17)16(27)23-11-18(5-6-18)13-3-2-4-14(7-13)19(20,21)22/h2-4,7-10H,5-6,11H2,1H3,(H,23,27). The molecule has 2 heterocycles. The minimum atomic E-state index is -4.38. The van der Waals surface area contributed by atoms with E-state index in [1.165, 1.54) is 23.5 Å². The molecule has 0 aliphatic heterocycles. The van der Waals surface area contributed by atoms with E-state index in [0.29, 0.717) is 16.3 Å². The van der Waals surface area contributed by atoms with Crippen LogP contribution in [0.1, 0.15) is 34.5 Å². The molecule has 28 heavy (non-hydrogen) atoms. The van der Waals surface area contributed by atoms with E-state index in [0.717, 1.165) is 24.5 Å². The Kier molecular flexibility index (Phi) is 4.49. The van der Waals surface area contributed by atoms with Crippen molar-refractivity contribution in [1.82, 2.24) is 20.1 Å². The molecule has 146 valence electrons. The first-order valence-electron chi connectivity index (χ1n) is 8.67. The van der Waals surface area contributed by atoms with Crippen LogP contribution in [0.2, 0.25) is 0 Å². The average molecular weight is 406 g/mol. The molecule has 9 heteroatoms. The van der Waals surface area contributed by atoms with Gasteiger partial charge in [0.25, 0.3) is 5.91 Å². The van der Waals surface area contributed by atoms with Crippen molar-refractivity contribution in [1.29, 1.82) is 0 Å². The van der Waals surface area contributed by atoms with Crippen LogP contribution < -0.4 is 5.32 Å². The van der Waals surface area contributed by atoms with Gasteiger partial charge in [0.15, 0.2) is 0 Å². The third-order valence-electron chi connectivity index (χ3n) is 4.93. The summed E-state index contributed by atoms with van der Waals surface area (Å²) in [5.74, 6) is -0.329. The second-order valence-electron chi connectivity index (χ2n) is 6.98. The van der Waals surface area contributed by atoms with Crippen molar-refractivity contribution < 1.29 is 18.0 Å². The summed E-state index contributed by atoms with van der Waals surface area (Å²) in [4.78, 5) is 16.8. The van der Waals surface area contributed by atoms with Gasteiger partial charge < -0.3 is 5.32 Å². The van der Waals surface area contributed by atoms with E-state index in [1.54, 1.807) is 29.4 Å². The van der Waals surface area contributed by atoms with Gasteiger partial charge in [-0.1, -0.05) is 18.2 Å². The minimum Gasteiger partial charge on any atom is -0.350 e. The van der Waals surface area contributed by atoms with E-state index in [1.807, 2.05) is 6.20 Å². The number of thiazole rings is 1. The summed E-state index contributed by atoms with van der Waals surface area (Å²) in [5.41, 5.74) is 0.636. The van der Waals surface area contributed by atoms with E-state index < -0.39 is 17.2 Å². The summed E-state index contributed by atoms with van der Waals surface area (Å²) in [6, 6.07) is 5.36. The SMILES string of the molecule is Cn1cc(-c2nc(C(=O)NCC3(c4cccc(C(F)(F)F)c4)CC3)cs2)cn1. The molecule has 1 aromatic carbocycles. The Morgan fingerprint density at radius 3 is 2.79 bits per heavy atom. The zero-order valence-electron chi connectivity index (χ0n) is 15.0. The Labute approximate surface area is 163 Å². The van der Waals surface area contributed by atoms with Crippen LogP contribution in [0.15, 0.2) is 42.0 Å². The predicted molar refractivity (Wildman–Crippen MR) is 99.0 cm³/mol. The van der Waals surface area contributed by atoms with Gasteiger partial charge in [0, 0.05) is 36.1 Å². The Balaban J connectivity index is 1.45. The van der Waals surface area contributed by atoms with E-state index in [4.69, 9.17) is 0 Å². The fourth-order valence-electron chi connectivity index (χ4n) is 3.13. The highest BCUT2D eigenvalue weighted by Gasteiger charge is 2.45. The lowest BCUT2D eigenvalue weighted by molar-refractivity contribution is -0.137. The topological polar surface area (TPSA) is 59.8 Å². The van der Waals surface area contributed by atoms with Crippen molar-refractivity contribution >= 4 is 17.2 Å². The molecule has 1 aliphatic rings. The smallest absolute Gasteiger partial charge is 0.350 e. The highest BCUT2D eigenvalue weighted by Crippen LogP contribution is 2.48. The summed E-state index contributed by atoms with van der Waals surface area (Å²) < 4.78 is 40.6. The molecule has 1 amide bonds. The molecular formula is C19H17F3N4OS. The number of alkyl halides is 3. The molecule has 0 unspecified atom stereocenters. The summed E-state index contributed by atoms with van der Waals surface area (Å²) in [6.07, 6.45) is 0.596. The zero-order chi connectivity index (χ0) is 19.9. The number of hydrogen-bond donors (Lipinski definition) is 1. The van der Waals surface area contributed by atoms with Crippen molar-refractivity contribution in [2.45, 2.75) is 24.4 Å². The highest BCUT2D eigenvalue weighted by molar-refractivity contribution is 7.13. The Morgan fingerprint density at radius 1 is 1.36 bits per heavy atom. The number of rotatable bonds is 5. The van der Waals surface area contributed by atoms with E-state index in [-0.39, 0.29) is 12.5 Å². The Morgan fingerprint density at radius 2 is 2.14 bits per heavy atom. The highest BCUT2D eigenvalue weighted by atomic mass is 32.1. The van der Waals surface area contributed by atoms with Gasteiger partial charge in [-0.3, -0.25) is 9.48 Å². The molecule has 0 bridgehead atoms. The maximum Gasteiger partial charge on any atom is 0.416 e. The van der Waals surface area contributed by atoms with E-state index in [2.05, 4.69) is 15.4 Å². The van der Waals surface area contributed by atoms with Crippen LogP contribution in [0.25, 0.3) is 10.6 Å². The fourth-order valence-corrected chi connectivity index (χ4v) is 3.90. The van der Waals surface area contributed by atoms with Gasteiger partial charge in [-0.05, 0) is 24.5 Å². The van der Waals surface area contributed by atoms with Crippen molar-refractivity contribution in [2.75, 3.05) is 6.54 Å². The van der Waals surface area contributed by atoms with Crippen LogP contribution in [-0.2, 0) is 18.6 Å². The number of nitrogens with zero attached hydrogens (tertiary/aromatic N) is 3. The normalized spacial score (nSPS) is 15.4. The zero-order valence-corrected chi connectivity index (χ0v) is 15.8. The van der Waals surface area contributed by atoms with Crippen LogP contribution in [0.5, 0.6) is 0 Å². The lowest BCUT2D eigenvalue weighted by Gasteiger charge is -2.18. The molecule has 1 aliphatic carbocycles. The summed E-state index contributed by atoms with van der Waals surface area (Å²) in [5, 5.41) is 9.28. The third kappa shape index (κ3) is 3.66. The number of halogens is 3. The summed E-state index contributed by atoms with van der Waals surface area (Å²) in [6.45, 7) is 0.285. The monoisotopic (exact) mass is 406 g/mol. The molecule has 4 rings (SSSR count). The molecule has 1 N–H and O–H groups in total. The number of carbonyl (C=O) groups is 1. The molecule has 3 aromatic rings. The van der Waals surface area contributed by atoms with Crippen LogP contribution >= 0.6 is 11.3 Å². The van der Waals surface area contributed by atoms with Crippen molar-refractivity contribution in [3.05, 3.63) is 58.9 Å². The van der Waals surface area contributed by atoms with Crippen LogP contribution in [0.4, 0.5) is 13.2 Å². The van der Waals surface area contributed by atoms with Gasteiger partial charge in [0.1, 0.15) is 10.7 Å². The quantitative estimate of drug-likeness (QED) is 0.696. The number of nitrogens with one attached hydrogen (secondary N) is 1. The summed E-state index contributed by atoms with van der Waals surface area (Å²) in [7, 11) is 1.80. The number of carbonyl (C=O) groups excluding carboxylic acids is 1. The number of aromatic nitrogens is 3. The van der Waals surface area contributed by atoms with Gasteiger partial charge in [-0.2, -0.15) is 18.3 Å². The van der Waals surface area contributed by atoms with Crippen molar-refractivity contribution in [3.8, 4) is 10.6 Å². The van der Waals surface area contributed by atoms with E-state index in [9.17, 15) is 18.0 Å². The molecule has 0 radical (unpaired) electrons. The fraction of sp³-hybridized carbons (Fsp3) is 0.316. The second-order valence-corrected chi connectivity index (χ2v) is 7.84. The van der Waals surface area contributed by atoms with Crippen LogP contribution in [0.3, 0.4) is 0 Å². The molecule has 0 spiro atoms. The molecule has 2 aromatic heterocycles. The maximum absolute atomic E-state index is 13.0. The Hall–Kier alpha value is -2.68. The van der Waals surface area contributed by atoms with Crippen molar-refractivity contribution in [3.63, 3.8) is 0 Å². The molecular weight excluding hydrogens is 389 g/mol. The first-order chi connectivity index (χ1) is 13.3. The van der Waals surface area contributed by atoms with E-state index >= 15 is 0 Å². The van der Waals surface area contributed by atoms with Crippen LogP contribution in [-0.4, -0.2) is 27.2 Å². The van der Waals surface area contributed by atoms with Gasteiger partial charge >= 0.3 is 6.18 Å². The first-order valence-corrected chi connectivity index (χ1v) is 9.55. The largest absolute Gasteiger partial charge is 0.416 e. The number of amides is 1. The van der Waals surface area contributed by atoms with Gasteiger partial charge in [-0.25, -0.2) is 4.98 Å². The van der Waals surface area contributed by atoms with Gasteiger partial charge in [-0.15, -0.1) is 11.3 Å². The predicted octanol–water partition coefficient (Wildman–Crippen LogP) is 4.02. The van der Waals surface area contributed by atoms with Crippen molar-refractivity contribution in [2.24, 2.45) is 7.05 Å².